The van der Waals surface area contributed by atoms with Crippen LogP contribution in [0.5, 0.6) is 5.75 Å². The van der Waals surface area contributed by atoms with Gasteiger partial charge >= 0.3 is 0 Å². The zero-order chi connectivity index (χ0) is 27.0. The number of methoxy groups -OCH3 is 1. The van der Waals surface area contributed by atoms with E-state index in [1.54, 1.807) is 25.3 Å². The van der Waals surface area contributed by atoms with Gasteiger partial charge in [0.1, 0.15) is 5.75 Å². The number of ether oxygens (including phenoxy) is 2. The van der Waals surface area contributed by atoms with Gasteiger partial charge in [-0.3, -0.25) is 9.69 Å². The number of rotatable bonds is 10. The number of hydrogen-bond donors (Lipinski definition) is 3. The van der Waals surface area contributed by atoms with Gasteiger partial charge in [-0.2, -0.15) is 0 Å². The Labute approximate surface area is 236 Å². The SMILES string of the molecule is COc1ccc(Cl)c(Nc2nc3ccccc3nc2NSc2cccc(C(=O)NCCN3CCOCC3)c2)c1. The van der Waals surface area contributed by atoms with Gasteiger partial charge in [0, 0.05) is 42.7 Å². The lowest BCUT2D eigenvalue weighted by Gasteiger charge is -2.26. The van der Waals surface area contributed by atoms with Crippen LogP contribution in [0.2, 0.25) is 5.02 Å². The van der Waals surface area contributed by atoms with Crippen molar-refractivity contribution < 1.29 is 14.3 Å². The number of morpholine rings is 1. The van der Waals surface area contributed by atoms with E-state index in [0.29, 0.717) is 40.2 Å². The van der Waals surface area contributed by atoms with Crippen molar-refractivity contribution in [1.29, 1.82) is 0 Å². The summed E-state index contributed by atoms with van der Waals surface area (Å²) < 4.78 is 14.0. The minimum Gasteiger partial charge on any atom is -0.497 e. The Hall–Kier alpha value is -3.57. The molecule has 1 aromatic heterocycles. The lowest BCUT2D eigenvalue weighted by molar-refractivity contribution is 0.0383. The second-order valence-electron chi connectivity index (χ2n) is 8.82. The number of carbonyl (C=O) groups excluding carboxylic acids is 1. The highest BCUT2D eigenvalue weighted by Crippen LogP contribution is 2.33. The minimum absolute atomic E-state index is 0.105. The molecule has 1 saturated heterocycles. The Kier molecular flexibility index (Phi) is 9.00. The van der Waals surface area contributed by atoms with Crippen molar-refractivity contribution in [2.45, 2.75) is 4.90 Å². The lowest BCUT2D eigenvalue weighted by Crippen LogP contribution is -2.41. The van der Waals surface area contributed by atoms with Gasteiger partial charge in [-0.05, 0) is 54.4 Å². The Morgan fingerprint density at radius 1 is 1.03 bits per heavy atom. The van der Waals surface area contributed by atoms with Crippen molar-refractivity contribution in [1.82, 2.24) is 20.2 Å². The van der Waals surface area contributed by atoms with E-state index in [1.807, 2.05) is 48.5 Å². The van der Waals surface area contributed by atoms with E-state index in [9.17, 15) is 4.79 Å². The Morgan fingerprint density at radius 2 is 1.79 bits per heavy atom. The van der Waals surface area contributed by atoms with Crippen LogP contribution in [-0.2, 0) is 4.74 Å². The third-order valence-electron chi connectivity index (χ3n) is 6.18. The molecule has 0 atom stereocenters. The first-order valence-electron chi connectivity index (χ1n) is 12.6. The third kappa shape index (κ3) is 7.10. The molecule has 1 fully saturated rings. The van der Waals surface area contributed by atoms with Crippen molar-refractivity contribution in [3.05, 3.63) is 77.3 Å². The Morgan fingerprint density at radius 3 is 2.56 bits per heavy atom. The van der Waals surface area contributed by atoms with Gasteiger partial charge in [0.05, 0.1) is 42.1 Å². The lowest BCUT2D eigenvalue weighted by atomic mass is 10.2. The van der Waals surface area contributed by atoms with Crippen LogP contribution >= 0.6 is 23.5 Å². The summed E-state index contributed by atoms with van der Waals surface area (Å²) in [5.41, 5.74) is 2.72. The summed E-state index contributed by atoms with van der Waals surface area (Å²) in [6.45, 7) is 4.66. The van der Waals surface area contributed by atoms with Gasteiger partial charge in [0.15, 0.2) is 11.6 Å². The monoisotopic (exact) mass is 564 g/mol. The van der Waals surface area contributed by atoms with Gasteiger partial charge in [0.25, 0.3) is 5.91 Å². The molecular formula is C28H29ClN6O3S. The summed E-state index contributed by atoms with van der Waals surface area (Å²) in [5.74, 6) is 1.59. The molecule has 39 heavy (non-hydrogen) atoms. The highest BCUT2D eigenvalue weighted by molar-refractivity contribution is 8.00. The maximum Gasteiger partial charge on any atom is 0.251 e. The maximum absolute atomic E-state index is 12.8. The Bertz CT molecular complexity index is 1450. The van der Waals surface area contributed by atoms with Gasteiger partial charge in [-0.25, -0.2) is 9.97 Å². The van der Waals surface area contributed by atoms with Crippen molar-refractivity contribution in [2.75, 3.05) is 56.5 Å². The molecule has 9 nitrogen and oxygen atoms in total. The summed E-state index contributed by atoms with van der Waals surface area (Å²) >= 11 is 7.78. The molecule has 2 heterocycles. The van der Waals surface area contributed by atoms with Gasteiger partial charge in [-0.15, -0.1) is 0 Å². The molecule has 1 aliphatic heterocycles. The van der Waals surface area contributed by atoms with E-state index in [0.717, 1.165) is 48.8 Å². The van der Waals surface area contributed by atoms with E-state index in [1.165, 1.54) is 11.9 Å². The average Bonchev–Trinajstić information content (AvgIpc) is 2.97. The van der Waals surface area contributed by atoms with Crippen molar-refractivity contribution in [3.8, 4) is 5.75 Å². The number of para-hydroxylation sites is 2. The zero-order valence-electron chi connectivity index (χ0n) is 21.4. The maximum atomic E-state index is 12.8. The van der Waals surface area contributed by atoms with E-state index in [2.05, 4.69) is 20.3 Å². The molecule has 3 N–H and O–H groups in total. The molecule has 0 spiro atoms. The summed E-state index contributed by atoms with van der Waals surface area (Å²) in [4.78, 5) is 25.5. The number of nitrogens with one attached hydrogen (secondary N) is 3. The molecule has 0 unspecified atom stereocenters. The van der Waals surface area contributed by atoms with E-state index in [-0.39, 0.29) is 5.91 Å². The number of benzene rings is 3. The highest BCUT2D eigenvalue weighted by atomic mass is 35.5. The quantitative estimate of drug-likeness (QED) is 0.224. The van der Waals surface area contributed by atoms with E-state index >= 15 is 0 Å². The first-order valence-corrected chi connectivity index (χ1v) is 13.8. The fraction of sp³-hybridized carbons (Fsp3) is 0.250. The smallest absolute Gasteiger partial charge is 0.251 e. The number of nitrogens with zero attached hydrogens (tertiary/aromatic N) is 3. The first kappa shape index (κ1) is 27.0. The topological polar surface area (TPSA) is 101 Å². The standard InChI is InChI=1S/C28H29ClN6O3S/c1-37-20-9-10-22(29)25(18-20)33-26-27(32-24-8-3-2-7-23(24)31-26)34-39-21-6-4-5-19(17-21)28(36)30-11-12-35-13-15-38-16-14-35/h2-10,17-18H,11-16H2,1H3,(H,30,36)(H,31,33)(H,32,34). The molecule has 3 aromatic carbocycles. The van der Waals surface area contributed by atoms with Crippen LogP contribution in [0.25, 0.3) is 11.0 Å². The molecular weight excluding hydrogens is 536 g/mol. The minimum atomic E-state index is -0.105. The summed E-state index contributed by atoms with van der Waals surface area (Å²) in [5, 5.41) is 6.82. The second kappa shape index (κ2) is 13.0. The molecule has 1 amide bonds. The second-order valence-corrected chi connectivity index (χ2v) is 10.1. The van der Waals surface area contributed by atoms with Crippen LogP contribution in [0.4, 0.5) is 17.3 Å². The Balaban J connectivity index is 1.29. The summed E-state index contributed by atoms with van der Waals surface area (Å²) in [7, 11) is 1.60. The average molecular weight is 565 g/mol. The van der Waals surface area contributed by atoms with Gasteiger partial charge in [-0.1, -0.05) is 29.8 Å². The normalized spacial score (nSPS) is 13.7. The molecule has 0 saturated carbocycles. The largest absolute Gasteiger partial charge is 0.497 e. The molecule has 202 valence electrons. The number of halogens is 1. The molecule has 5 rings (SSSR count). The van der Waals surface area contributed by atoms with Gasteiger partial charge in [0.2, 0.25) is 0 Å². The number of amides is 1. The van der Waals surface area contributed by atoms with Crippen LogP contribution in [0, 0.1) is 0 Å². The molecule has 0 bridgehead atoms. The predicted octanol–water partition coefficient (Wildman–Crippen LogP) is 5.22. The molecule has 0 radical (unpaired) electrons. The van der Waals surface area contributed by atoms with Gasteiger partial charge < -0.3 is 24.8 Å². The zero-order valence-corrected chi connectivity index (χ0v) is 23.0. The number of carbonyl (C=O) groups is 1. The fourth-order valence-corrected chi connectivity index (χ4v) is 4.93. The fourth-order valence-electron chi connectivity index (χ4n) is 4.08. The molecule has 0 aliphatic carbocycles. The summed E-state index contributed by atoms with van der Waals surface area (Å²) in [6.07, 6.45) is 0. The van der Waals surface area contributed by atoms with Crippen LogP contribution in [0.1, 0.15) is 10.4 Å². The number of aromatic nitrogens is 2. The van der Waals surface area contributed by atoms with Crippen molar-refractivity contribution in [2.24, 2.45) is 0 Å². The highest BCUT2D eigenvalue weighted by Gasteiger charge is 2.14. The number of anilines is 3. The van der Waals surface area contributed by atoms with E-state index < -0.39 is 0 Å². The van der Waals surface area contributed by atoms with Crippen LogP contribution in [0.15, 0.2) is 71.6 Å². The van der Waals surface area contributed by atoms with Crippen LogP contribution in [-0.4, -0.2) is 67.3 Å². The van der Waals surface area contributed by atoms with Crippen LogP contribution in [0.3, 0.4) is 0 Å². The predicted molar refractivity (Wildman–Crippen MR) is 156 cm³/mol. The third-order valence-corrected chi connectivity index (χ3v) is 7.29. The van der Waals surface area contributed by atoms with Crippen molar-refractivity contribution in [3.63, 3.8) is 0 Å². The van der Waals surface area contributed by atoms with E-state index in [4.69, 9.17) is 31.0 Å². The van der Waals surface area contributed by atoms with Crippen LogP contribution < -0.4 is 20.1 Å². The summed E-state index contributed by atoms with van der Waals surface area (Å²) in [6, 6.07) is 20.4. The van der Waals surface area contributed by atoms with Crippen molar-refractivity contribution >= 4 is 57.8 Å². The first-order chi connectivity index (χ1) is 19.1. The molecule has 1 aliphatic rings. The molecule has 4 aromatic rings. The molecule has 11 heteroatoms. The number of fused-ring (bicyclic) bond motifs is 1. The number of hydrogen-bond acceptors (Lipinski definition) is 9.